The van der Waals surface area contributed by atoms with Crippen molar-refractivity contribution in [3.8, 4) is 22.4 Å². The Bertz CT molecular complexity index is 918. The Labute approximate surface area is 171 Å². The predicted molar refractivity (Wildman–Crippen MR) is 115 cm³/mol. The van der Waals surface area contributed by atoms with Crippen molar-refractivity contribution in [2.75, 3.05) is 51.6 Å². The summed E-state index contributed by atoms with van der Waals surface area (Å²) in [5.41, 5.74) is 3.87. The standard InChI is InChI=1S/C22H28N6O/c1-17-19(6-15-29-17)21-20(18-4-8-23-9-5-18)16-25-22(26-21)24-7-3-10-28-13-11-27(2)12-14-28/h4-6,8-9,15-16H,3,7,10-14H2,1-2H3,(H,24,25,26). The highest BCUT2D eigenvalue weighted by Crippen LogP contribution is 2.32. The number of nitrogens with zero attached hydrogens (tertiary/aromatic N) is 5. The van der Waals surface area contributed by atoms with E-state index in [0.717, 1.165) is 73.8 Å². The molecule has 0 saturated carbocycles. The number of likely N-dealkylation sites (N-methyl/N-ethyl adjacent to an activating group) is 1. The first-order chi connectivity index (χ1) is 14.2. The van der Waals surface area contributed by atoms with Gasteiger partial charge in [0, 0.05) is 62.4 Å². The normalized spacial score (nSPS) is 15.5. The van der Waals surface area contributed by atoms with Crippen molar-refractivity contribution in [1.82, 2.24) is 24.8 Å². The molecule has 0 amide bonds. The molecule has 7 heteroatoms. The smallest absolute Gasteiger partial charge is 0.223 e. The van der Waals surface area contributed by atoms with E-state index < -0.39 is 0 Å². The van der Waals surface area contributed by atoms with Crippen LogP contribution in [0.3, 0.4) is 0 Å². The molecular formula is C22H28N6O. The minimum absolute atomic E-state index is 0.650. The van der Waals surface area contributed by atoms with Gasteiger partial charge in [-0.1, -0.05) is 0 Å². The monoisotopic (exact) mass is 392 g/mol. The molecule has 152 valence electrons. The first kappa shape index (κ1) is 19.5. The van der Waals surface area contributed by atoms with Gasteiger partial charge in [-0.25, -0.2) is 9.97 Å². The van der Waals surface area contributed by atoms with E-state index in [9.17, 15) is 0 Å². The van der Waals surface area contributed by atoms with E-state index in [4.69, 9.17) is 9.40 Å². The Kier molecular flexibility index (Phi) is 6.17. The molecule has 1 N–H and O–H groups in total. The Hall–Kier alpha value is -2.77. The van der Waals surface area contributed by atoms with Crippen LogP contribution in [0, 0.1) is 6.92 Å². The predicted octanol–water partition coefficient (Wildman–Crippen LogP) is 3.16. The number of piperazine rings is 1. The van der Waals surface area contributed by atoms with Crippen molar-refractivity contribution < 1.29 is 4.42 Å². The van der Waals surface area contributed by atoms with Crippen molar-refractivity contribution in [2.24, 2.45) is 0 Å². The van der Waals surface area contributed by atoms with Crippen LogP contribution in [0.15, 0.2) is 47.5 Å². The Balaban J connectivity index is 1.45. The molecule has 1 fully saturated rings. The highest BCUT2D eigenvalue weighted by Gasteiger charge is 2.16. The summed E-state index contributed by atoms with van der Waals surface area (Å²) in [5, 5.41) is 3.39. The minimum Gasteiger partial charge on any atom is -0.469 e. The molecule has 29 heavy (non-hydrogen) atoms. The molecular weight excluding hydrogens is 364 g/mol. The van der Waals surface area contributed by atoms with Crippen LogP contribution in [0.25, 0.3) is 22.4 Å². The van der Waals surface area contributed by atoms with E-state index in [1.165, 1.54) is 0 Å². The number of furan rings is 1. The zero-order valence-corrected chi connectivity index (χ0v) is 17.1. The summed E-state index contributed by atoms with van der Waals surface area (Å²) in [7, 11) is 2.19. The molecule has 0 aromatic carbocycles. The second-order valence-corrected chi connectivity index (χ2v) is 7.51. The molecule has 4 heterocycles. The minimum atomic E-state index is 0.650. The van der Waals surface area contributed by atoms with Gasteiger partial charge in [0.2, 0.25) is 5.95 Å². The molecule has 7 nitrogen and oxygen atoms in total. The average Bonchev–Trinajstić information content (AvgIpc) is 3.19. The van der Waals surface area contributed by atoms with Crippen LogP contribution in [0.2, 0.25) is 0 Å². The van der Waals surface area contributed by atoms with Crippen molar-refractivity contribution in [3.05, 3.63) is 48.8 Å². The van der Waals surface area contributed by atoms with Crippen LogP contribution in [0.1, 0.15) is 12.2 Å². The molecule has 1 aliphatic rings. The quantitative estimate of drug-likeness (QED) is 0.619. The number of aryl methyl sites for hydroxylation is 1. The summed E-state index contributed by atoms with van der Waals surface area (Å²) in [6, 6.07) is 5.90. The van der Waals surface area contributed by atoms with Gasteiger partial charge >= 0.3 is 0 Å². The molecule has 0 radical (unpaired) electrons. The van der Waals surface area contributed by atoms with Crippen molar-refractivity contribution >= 4 is 5.95 Å². The lowest BCUT2D eigenvalue weighted by Gasteiger charge is -2.32. The van der Waals surface area contributed by atoms with Crippen LogP contribution in [-0.2, 0) is 0 Å². The first-order valence-corrected chi connectivity index (χ1v) is 10.2. The highest BCUT2D eigenvalue weighted by atomic mass is 16.3. The largest absolute Gasteiger partial charge is 0.469 e. The average molecular weight is 393 g/mol. The van der Waals surface area contributed by atoms with Gasteiger partial charge in [0.15, 0.2) is 0 Å². The van der Waals surface area contributed by atoms with Crippen LogP contribution < -0.4 is 5.32 Å². The second-order valence-electron chi connectivity index (χ2n) is 7.51. The molecule has 0 aliphatic carbocycles. The zero-order chi connectivity index (χ0) is 20.1. The Morgan fingerprint density at radius 2 is 1.86 bits per heavy atom. The molecule has 1 aliphatic heterocycles. The molecule has 3 aromatic heterocycles. The fourth-order valence-corrected chi connectivity index (χ4v) is 3.62. The molecule has 0 atom stereocenters. The molecule has 1 saturated heterocycles. The number of anilines is 1. The van der Waals surface area contributed by atoms with Gasteiger partial charge in [0.1, 0.15) is 5.76 Å². The van der Waals surface area contributed by atoms with E-state index in [1.54, 1.807) is 18.7 Å². The molecule has 0 unspecified atom stereocenters. The van der Waals surface area contributed by atoms with E-state index >= 15 is 0 Å². The molecule has 3 aromatic rings. The first-order valence-electron chi connectivity index (χ1n) is 10.2. The summed E-state index contributed by atoms with van der Waals surface area (Å²) in [6.45, 7) is 8.52. The van der Waals surface area contributed by atoms with Gasteiger partial charge in [-0.2, -0.15) is 0 Å². The summed E-state index contributed by atoms with van der Waals surface area (Å²) in [4.78, 5) is 18.4. The van der Waals surface area contributed by atoms with Crippen LogP contribution >= 0.6 is 0 Å². The molecule has 0 spiro atoms. The number of hydrogen-bond acceptors (Lipinski definition) is 7. The Morgan fingerprint density at radius 1 is 1.07 bits per heavy atom. The Morgan fingerprint density at radius 3 is 2.59 bits per heavy atom. The van der Waals surface area contributed by atoms with Gasteiger partial charge in [-0.05, 0) is 50.7 Å². The fraction of sp³-hybridized carbons (Fsp3) is 0.409. The lowest BCUT2D eigenvalue weighted by atomic mass is 10.0. The highest BCUT2D eigenvalue weighted by molar-refractivity contribution is 5.81. The van der Waals surface area contributed by atoms with Gasteiger partial charge in [-0.3, -0.25) is 4.98 Å². The van der Waals surface area contributed by atoms with Gasteiger partial charge < -0.3 is 19.5 Å². The third kappa shape index (κ3) is 4.81. The lowest BCUT2D eigenvalue weighted by molar-refractivity contribution is 0.154. The van der Waals surface area contributed by atoms with Crippen molar-refractivity contribution in [3.63, 3.8) is 0 Å². The van der Waals surface area contributed by atoms with E-state index in [-0.39, 0.29) is 0 Å². The SMILES string of the molecule is Cc1occc1-c1nc(NCCCN2CCN(C)CC2)ncc1-c1ccncc1. The number of nitrogens with one attached hydrogen (secondary N) is 1. The third-order valence-corrected chi connectivity index (χ3v) is 5.42. The van der Waals surface area contributed by atoms with Gasteiger partial charge in [-0.15, -0.1) is 0 Å². The van der Waals surface area contributed by atoms with Crippen molar-refractivity contribution in [2.45, 2.75) is 13.3 Å². The van der Waals surface area contributed by atoms with E-state index in [0.29, 0.717) is 5.95 Å². The van der Waals surface area contributed by atoms with E-state index in [1.807, 2.05) is 31.3 Å². The van der Waals surface area contributed by atoms with Crippen LogP contribution in [0.4, 0.5) is 5.95 Å². The maximum absolute atomic E-state index is 5.52. The topological polar surface area (TPSA) is 70.3 Å². The fourth-order valence-electron chi connectivity index (χ4n) is 3.62. The summed E-state index contributed by atoms with van der Waals surface area (Å²) < 4.78 is 5.52. The second kappa shape index (κ2) is 9.15. The maximum atomic E-state index is 5.52. The van der Waals surface area contributed by atoms with Crippen molar-refractivity contribution in [1.29, 1.82) is 0 Å². The number of aromatic nitrogens is 3. The van der Waals surface area contributed by atoms with Gasteiger partial charge in [0.25, 0.3) is 0 Å². The summed E-state index contributed by atoms with van der Waals surface area (Å²) in [6.07, 6.45) is 8.22. The zero-order valence-electron chi connectivity index (χ0n) is 17.1. The van der Waals surface area contributed by atoms with Crippen LogP contribution in [0.5, 0.6) is 0 Å². The number of hydrogen-bond donors (Lipinski definition) is 1. The van der Waals surface area contributed by atoms with Gasteiger partial charge in [0.05, 0.1) is 12.0 Å². The van der Waals surface area contributed by atoms with E-state index in [2.05, 4.69) is 32.1 Å². The number of pyridine rings is 1. The summed E-state index contributed by atoms with van der Waals surface area (Å²) >= 11 is 0. The summed E-state index contributed by atoms with van der Waals surface area (Å²) in [5.74, 6) is 1.50. The lowest BCUT2D eigenvalue weighted by Crippen LogP contribution is -2.44. The number of rotatable bonds is 7. The molecule has 0 bridgehead atoms. The maximum Gasteiger partial charge on any atom is 0.223 e. The third-order valence-electron chi connectivity index (χ3n) is 5.42. The molecule has 4 rings (SSSR count). The van der Waals surface area contributed by atoms with Crippen LogP contribution in [-0.4, -0.2) is 71.1 Å².